The van der Waals surface area contributed by atoms with Crippen molar-refractivity contribution in [1.29, 1.82) is 0 Å². The number of fused-ring (bicyclic) bond motifs is 1. The van der Waals surface area contributed by atoms with E-state index < -0.39 is 0 Å². The molecule has 0 atom stereocenters. The first-order chi connectivity index (χ1) is 9.66. The van der Waals surface area contributed by atoms with E-state index in [4.69, 9.17) is 11.6 Å². The van der Waals surface area contributed by atoms with E-state index >= 15 is 0 Å². The minimum absolute atomic E-state index is 0.638. The van der Waals surface area contributed by atoms with Crippen LogP contribution in [0.2, 0.25) is 5.02 Å². The van der Waals surface area contributed by atoms with Gasteiger partial charge in [0.1, 0.15) is 0 Å². The number of aromatic nitrogens is 5. The van der Waals surface area contributed by atoms with E-state index in [2.05, 4.69) is 20.5 Å². The minimum Gasteiger partial charge on any atom is -0.250 e. The monoisotopic (exact) mass is 305 g/mol. The Morgan fingerprint density at radius 3 is 2.85 bits per heavy atom. The van der Waals surface area contributed by atoms with Crippen molar-refractivity contribution in [2.75, 3.05) is 0 Å². The van der Waals surface area contributed by atoms with Crippen molar-refractivity contribution in [3.05, 3.63) is 40.5 Å². The lowest BCUT2D eigenvalue weighted by molar-refractivity contribution is 0.664. The summed E-state index contributed by atoms with van der Waals surface area (Å²) in [5.74, 6) is 0.638. The first kappa shape index (κ1) is 13.3. The van der Waals surface area contributed by atoms with Crippen LogP contribution >= 0.6 is 23.4 Å². The molecule has 0 amide bonds. The second kappa shape index (κ2) is 5.38. The van der Waals surface area contributed by atoms with E-state index in [-0.39, 0.29) is 0 Å². The molecule has 2 heterocycles. The van der Waals surface area contributed by atoms with Gasteiger partial charge in [-0.25, -0.2) is 4.68 Å². The lowest BCUT2D eigenvalue weighted by Gasteiger charge is -2.09. The molecule has 0 radical (unpaired) electrons. The fraction of sp³-hybridized carbons (Fsp3) is 0.231. The highest BCUT2D eigenvalue weighted by molar-refractivity contribution is 7.98. The highest BCUT2D eigenvalue weighted by atomic mass is 35.5. The highest BCUT2D eigenvalue weighted by Crippen LogP contribution is 2.30. The summed E-state index contributed by atoms with van der Waals surface area (Å²) in [5, 5.41) is 13.9. The van der Waals surface area contributed by atoms with Crippen LogP contribution in [0.1, 0.15) is 11.3 Å². The Kier molecular flexibility index (Phi) is 3.58. The first-order valence-corrected chi connectivity index (χ1v) is 7.42. The van der Waals surface area contributed by atoms with Gasteiger partial charge in [0.25, 0.3) is 0 Å². The van der Waals surface area contributed by atoms with Crippen LogP contribution < -0.4 is 0 Å². The molecular formula is C13H12ClN5S. The molecule has 7 heteroatoms. The standard InChI is InChI=1S/C13H12ClN5S/c1-8-9-5-3-4-6-10(9)15-11(12(8)14)7-20-13-16-17-18-19(13)2/h3-6H,7H2,1-2H3. The van der Waals surface area contributed by atoms with Gasteiger partial charge in [0.05, 0.1) is 16.2 Å². The molecule has 3 rings (SSSR count). The van der Waals surface area contributed by atoms with E-state index in [1.54, 1.807) is 4.68 Å². The van der Waals surface area contributed by atoms with E-state index in [9.17, 15) is 0 Å². The zero-order valence-corrected chi connectivity index (χ0v) is 12.6. The van der Waals surface area contributed by atoms with E-state index in [0.717, 1.165) is 27.3 Å². The van der Waals surface area contributed by atoms with Gasteiger partial charge in [-0.1, -0.05) is 41.6 Å². The summed E-state index contributed by atoms with van der Waals surface area (Å²) in [5.41, 5.74) is 2.88. The summed E-state index contributed by atoms with van der Waals surface area (Å²) in [6.07, 6.45) is 0. The maximum Gasteiger partial charge on any atom is 0.209 e. The number of rotatable bonds is 3. The minimum atomic E-state index is 0.638. The van der Waals surface area contributed by atoms with Gasteiger partial charge in [-0.15, -0.1) is 5.10 Å². The molecule has 0 spiro atoms. The molecule has 0 fully saturated rings. The van der Waals surface area contributed by atoms with Crippen LogP contribution in [0.3, 0.4) is 0 Å². The summed E-state index contributed by atoms with van der Waals surface area (Å²) < 4.78 is 1.63. The lowest BCUT2D eigenvalue weighted by Crippen LogP contribution is -1.97. The summed E-state index contributed by atoms with van der Waals surface area (Å²) in [4.78, 5) is 4.63. The second-order valence-corrected chi connectivity index (χ2v) is 5.71. The molecule has 0 aliphatic carbocycles. The normalized spacial score (nSPS) is 11.2. The number of tetrazole rings is 1. The third kappa shape index (κ3) is 2.36. The summed E-state index contributed by atoms with van der Waals surface area (Å²) in [7, 11) is 1.81. The number of para-hydroxylation sites is 1. The fourth-order valence-electron chi connectivity index (χ4n) is 1.99. The molecule has 0 aliphatic heterocycles. The van der Waals surface area contributed by atoms with E-state index in [0.29, 0.717) is 10.8 Å². The predicted molar refractivity (Wildman–Crippen MR) is 79.8 cm³/mol. The van der Waals surface area contributed by atoms with Crippen LogP contribution in [0.4, 0.5) is 0 Å². The number of benzene rings is 1. The molecule has 102 valence electrons. The zero-order chi connectivity index (χ0) is 14.1. The van der Waals surface area contributed by atoms with Crippen molar-refractivity contribution in [3.8, 4) is 0 Å². The average molecular weight is 306 g/mol. The van der Waals surface area contributed by atoms with Crippen LogP contribution in [-0.4, -0.2) is 25.2 Å². The lowest BCUT2D eigenvalue weighted by atomic mass is 10.1. The molecule has 0 N–H and O–H groups in total. The number of pyridine rings is 1. The second-order valence-electron chi connectivity index (χ2n) is 4.39. The Balaban J connectivity index is 1.95. The topological polar surface area (TPSA) is 56.5 Å². The van der Waals surface area contributed by atoms with Crippen molar-refractivity contribution in [2.45, 2.75) is 17.8 Å². The Morgan fingerprint density at radius 2 is 2.10 bits per heavy atom. The number of hydrogen-bond acceptors (Lipinski definition) is 5. The molecule has 5 nitrogen and oxygen atoms in total. The SMILES string of the molecule is Cc1c(Cl)c(CSc2nnnn2C)nc2ccccc12. The van der Waals surface area contributed by atoms with Crippen molar-refractivity contribution >= 4 is 34.3 Å². The number of hydrogen-bond donors (Lipinski definition) is 0. The van der Waals surface area contributed by atoms with Gasteiger partial charge >= 0.3 is 0 Å². The smallest absolute Gasteiger partial charge is 0.209 e. The van der Waals surface area contributed by atoms with Crippen molar-refractivity contribution < 1.29 is 0 Å². The fourth-order valence-corrected chi connectivity index (χ4v) is 3.07. The molecule has 1 aromatic carbocycles. The Morgan fingerprint density at radius 1 is 1.30 bits per heavy atom. The third-order valence-electron chi connectivity index (χ3n) is 3.07. The van der Waals surface area contributed by atoms with Gasteiger partial charge in [0, 0.05) is 18.2 Å². The Hall–Kier alpha value is -1.66. The van der Waals surface area contributed by atoms with Gasteiger partial charge in [-0.05, 0) is 29.0 Å². The van der Waals surface area contributed by atoms with Gasteiger partial charge in [0.2, 0.25) is 5.16 Å². The van der Waals surface area contributed by atoms with Gasteiger partial charge < -0.3 is 0 Å². The van der Waals surface area contributed by atoms with Crippen LogP contribution in [0.15, 0.2) is 29.4 Å². The number of thioether (sulfide) groups is 1. The zero-order valence-electron chi connectivity index (χ0n) is 11.0. The quantitative estimate of drug-likeness (QED) is 0.696. The predicted octanol–water partition coefficient (Wildman–Crippen LogP) is 3.01. The van der Waals surface area contributed by atoms with Gasteiger partial charge in [0.15, 0.2) is 0 Å². The molecule has 0 saturated heterocycles. The van der Waals surface area contributed by atoms with E-state index in [1.165, 1.54) is 11.8 Å². The maximum atomic E-state index is 6.42. The molecule has 0 saturated carbocycles. The van der Waals surface area contributed by atoms with Crippen LogP contribution in [0, 0.1) is 6.92 Å². The molecule has 0 aliphatic rings. The summed E-state index contributed by atoms with van der Waals surface area (Å²) in [6, 6.07) is 8.00. The highest BCUT2D eigenvalue weighted by Gasteiger charge is 2.12. The summed E-state index contributed by atoms with van der Waals surface area (Å²) >= 11 is 7.94. The maximum absolute atomic E-state index is 6.42. The molecular weight excluding hydrogens is 294 g/mol. The average Bonchev–Trinajstić information content (AvgIpc) is 2.87. The molecule has 20 heavy (non-hydrogen) atoms. The van der Waals surface area contributed by atoms with Gasteiger partial charge in [-0.3, -0.25) is 4.98 Å². The molecule has 2 aromatic heterocycles. The molecule has 0 unspecified atom stereocenters. The Bertz CT molecular complexity index is 771. The first-order valence-electron chi connectivity index (χ1n) is 6.05. The third-order valence-corrected chi connectivity index (χ3v) is 4.59. The number of nitrogens with zero attached hydrogens (tertiary/aromatic N) is 5. The van der Waals surface area contributed by atoms with Crippen molar-refractivity contribution in [2.24, 2.45) is 7.05 Å². The molecule has 3 aromatic rings. The Labute approximate surface area is 125 Å². The van der Waals surface area contributed by atoms with Crippen LogP contribution in [0.25, 0.3) is 10.9 Å². The van der Waals surface area contributed by atoms with Crippen LogP contribution in [0.5, 0.6) is 0 Å². The van der Waals surface area contributed by atoms with Crippen molar-refractivity contribution in [3.63, 3.8) is 0 Å². The van der Waals surface area contributed by atoms with Gasteiger partial charge in [-0.2, -0.15) is 0 Å². The van der Waals surface area contributed by atoms with Crippen LogP contribution in [-0.2, 0) is 12.8 Å². The van der Waals surface area contributed by atoms with E-state index in [1.807, 2.05) is 38.2 Å². The number of aryl methyl sites for hydroxylation is 2. The number of halogens is 1. The largest absolute Gasteiger partial charge is 0.250 e. The van der Waals surface area contributed by atoms with Crippen molar-refractivity contribution in [1.82, 2.24) is 25.2 Å². The summed E-state index contributed by atoms with van der Waals surface area (Å²) in [6.45, 7) is 2.02. The molecule has 0 bridgehead atoms.